The first-order chi connectivity index (χ1) is 27.9. The van der Waals surface area contributed by atoms with Gasteiger partial charge in [-0.2, -0.15) is 0 Å². The van der Waals surface area contributed by atoms with Gasteiger partial charge < -0.3 is 44.7 Å². The molecule has 1 heterocycles. The molecule has 1 amide bonds. The Morgan fingerprint density at radius 3 is 1.98 bits per heavy atom. The van der Waals surface area contributed by atoms with E-state index >= 15 is 4.79 Å². The van der Waals surface area contributed by atoms with Crippen molar-refractivity contribution in [1.29, 1.82) is 0 Å². The van der Waals surface area contributed by atoms with Gasteiger partial charge in [0, 0.05) is 36.7 Å². The molecule has 11 atom stereocenters. The molecule has 1 unspecified atom stereocenters. The Morgan fingerprint density at radius 1 is 0.847 bits per heavy atom. The summed E-state index contributed by atoms with van der Waals surface area (Å²) >= 11 is 0. The predicted octanol–water partition coefficient (Wildman–Crippen LogP) is 3.16. The summed E-state index contributed by atoms with van der Waals surface area (Å²) in [6.45, 7) is 6.81. The highest BCUT2D eigenvalue weighted by Crippen LogP contribution is 2.63. The van der Waals surface area contributed by atoms with Crippen molar-refractivity contribution in [2.45, 2.75) is 101 Å². The van der Waals surface area contributed by atoms with Gasteiger partial charge >= 0.3 is 17.9 Å². The molecular formula is C45H49NO13. The molecule has 3 fully saturated rings. The van der Waals surface area contributed by atoms with Crippen LogP contribution in [0, 0.1) is 16.7 Å². The highest BCUT2D eigenvalue weighted by atomic mass is 16.6. The van der Waals surface area contributed by atoms with Crippen molar-refractivity contribution in [3.63, 3.8) is 0 Å². The Bertz CT molecular complexity index is 2160. The van der Waals surface area contributed by atoms with Gasteiger partial charge in [0.05, 0.1) is 35.8 Å². The Morgan fingerprint density at radius 2 is 1.42 bits per heavy atom. The second kappa shape index (κ2) is 15.4. The largest absolute Gasteiger partial charge is 0.456 e. The zero-order valence-electron chi connectivity index (χ0n) is 33.4. The fraction of sp³-hybridized carbons (Fsp3) is 0.444. The van der Waals surface area contributed by atoms with Gasteiger partial charge in [0.1, 0.15) is 23.4 Å². The Hall–Kier alpha value is -5.25. The molecule has 14 nitrogen and oxygen atoms in total. The number of aliphatic hydroxyl groups excluding tert-OH is 2. The van der Waals surface area contributed by atoms with Crippen molar-refractivity contribution in [3.05, 3.63) is 119 Å². The molecule has 0 radical (unpaired) electrons. The van der Waals surface area contributed by atoms with Crippen LogP contribution < -0.4 is 5.32 Å². The maximum atomic E-state index is 15.2. The average Bonchev–Trinajstić information content (AvgIpc) is 3.21. The lowest BCUT2D eigenvalue weighted by Crippen LogP contribution is -2.81. The number of Topliss-reactive ketones (excluding diaryl/α,β-unsaturated/α-hetero) is 1. The van der Waals surface area contributed by atoms with E-state index in [-0.39, 0.29) is 35.3 Å². The fourth-order valence-corrected chi connectivity index (χ4v) is 9.78. The summed E-state index contributed by atoms with van der Waals surface area (Å²) in [4.78, 5) is 69.7. The van der Waals surface area contributed by atoms with E-state index in [1.807, 2.05) is 0 Å². The second-order valence-electron chi connectivity index (χ2n) is 16.8. The lowest BCUT2D eigenvalue weighted by Gasteiger charge is -2.66. The monoisotopic (exact) mass is 811 g/mol. The zero-order chi connectivity index (χ0) is 42.7. The molecule has 2 saturated carbocycles. The standard InChI is InChI=1S/C45H49NO13/c1-24-29(58-41(53)34(49)33(26-15-9-6-10-16-26)46-39(51)27-17-11-7-12-18-27)22-45(55)38(59-40(52)28-19-13-8-14-20-28)36-43(5,30(48)21-31-44(36,54)23-56-31)37(50)35(57-25(2)47)32(24)42(45,3)4/h6-20,29-31,33-36,38,48-49,54-55H,21-23H2,1-5H3,(H,46,51)/t29-,30-,31+,33-,34+,35+,36?,38-,43+,44-,45+/m0/s1. The smallest absolute Gasteiger partial charge is 0.338 e. The van der Waals surface area contributed by atoms with Gasteiger partial charge in [-0.15, -0.1) is 0 Å². The summed E-state index contributed by atoms with van der Waals surface area (Å²) in [5.41, 5.74) is -6.99. The van der Waals surface area contributed by atoms with Crippen LogP contribution >= 0.6 is 0 Å². The third-order valence-electron chi connectivity index (χ3n) is 13.2. The number of benzene rings is 3. The number of nitrogens with one attached hydrogen (secondary N) is 1. The van der Waals surface area contributed by atoms with E-state index < -0.39 is 107 Å². The van der Waals surface area contributed by atoms with Gasteiger partial charge in [-0.25, -0.2) is 9.59 Å². The van der Waals surface area contributed by atoms with Crippen molar-refractivity contribution in [3.8, 4) is 0 Å². The molecule has 5 N–H and O–H groups in total. The number of amides is 1. The van der Waals surface area contributed by atoms with E-state index in [1.165, 1.54) is 26.0 Å². The molecule has 0 aromatic heterocycles. The molecular weight excluding hydrogens is 762 g/mol. The minimum absolute atomic E-state index is 0.0161. The number of rotatable bonds is 9. The number of esters is 3. The quantitative estimate of drug-likeness (QED) is 0.120. The van der Waals surface area contributed by atoms with Crippen molar-refractivity contribution < 1.29 is 63.3 Å². The summed E-state index contributed by atoms with van der Waals surface area (Å²) in [7, 11) is 0. The molecule has 14 heteroatoms. The highest BCUT2D eigenvalue weighted by Gasteiger charge is 2.76. The van der Waals surface area contributed by atoms with Gasteiger partial charge in [-0.3, -0.25) is 14.4 Å². The van der Waals surface area contributed by atoms with Crippen LogP contribution in [0.1, 0.15) is 79.8 Å². The van der Waals surface area contributed by atoms with E-state index in [9.17, 15) is 39.6 Å². The maximum absolute atomic E-state index is 15.2. The van der Waals surface area contributed by atoms with Gasteiger partial charge in [-0.05, 0) is 54.8 Å². The first kappa shape index (κ1) is 41.9. The lowest BCUT2D eigenvalue weighted by atomic mass is 9.44. The highest BCUT2D eigenvalue weighted by molar-refractivity contribution is 5.96. The minimum Gasteiger partial charge on any atom is -0.456 e. The Balaban J connectivity index is 1.36. The number of carbonyl (C=O) groups is 5. The number of aliphatic hydroxyl groups is 4. The molecule has 3 aromatic carbocycles. The lowest BCUT2D eigenvalue weighted by molar-refractivity contribution is -0.343. The number of hydrogen-bond donors (Lipinski definition) is 5. The van der Waals surface area contributed by atoms with Crippen LogP contribution in [-0.2, 0) is 33.3 Å². The number of ether oxygens (including phenoxy) is 4. The fourth-order valence-electron chi connectivity index (χ4n) is 9.78. The van der Waals surface area contributed by atoms with Crippen LogP contribution in [-0.4, -0.2) is 104 Å². The van der Waals surface area contributed by atoms with Crippen molar-refractivity contribution in [1.82, 2.24) is 5.32 Å². The Labute approximate surface area is 341 Å². The third-order valence-corrected chi connectivity index (χ3v) is 13.2. The first-order valence-corrected chi connectivity index (χ1v) is 19.6. The van der Waals surface area contributed by atoms with E-state index in [1.54, 1.807) is 92.7 Å². The first-order valence-electron chi connectivity index (χ1n) is 19.6. The molecule has 59 heavy (non-hydrogen) atoms. The summed E-state index contributed by atoms with van der Waals surface area (Å²) in [6, 6.07) is 23.0. The third kappa shape index (κ3) is 6.86. The number of fused-ring (bicyclic) bond motifs is 5. The Kier molecular flexibility index (Phi) is 10.9. The topological polar surface area (TPSA) is 215 Å². The maximum Gasteiger partial charge on any atom is 0.338 e. The summed E-state index contributed by atoms with van der Waals surface area (Å²) in [5, 5.41) is 52.2. The van der Waals surface area contributed by atoms with Gasteiger partial charge in [0.2, 0.25) is 0 Å². The summed E-state index contributed by atoms with van der Waals surface area (Å²) in [6.07, 6.45) is -10.3. The van der Waals surface area contributed by atoms with E-state index in [0.717, 1.165) is 6.92 Å². The van der Waals surface area contributed by atoms with Crippen molar-refractivity contribution in [2.75, 3.05) is 6.61 Å². The van der Waals surface area contributed by atoms with E-state index in [4.69, 9.17) is 18.9 Å². The van der Waals surface area contributed by atoms with E-state index in [0.29, 0.717) is 5.56 Å². The molecule has 3 aromatic rings. The number of carbonyl (C=O) groups excluding carboxylic acids is 5. The second-order valence-corrected chi connectivity index (χ2v) is 16.8. The minimum atomic E-state index is -2.35. The van der Waals surface area contributed by atoms with Crippen LogP contribution in [0.2, 0.25) is 0 Å². The van der Waals surface area contributed by atoms with Crippen LogP contribution in [0.3, 0.4) is 0 Å². The van der Waals surface area contributed by atoms with Crippen molar-refractivity contribution in [2.24, 2.45) is 16.7 Å². The predicted molar refractivity (Wildman–Crippen MR) is 208 cm³/mol. The molecule has 1 saturated heterocycles. The average molecular weight is 812 g/mol. The number of hydrogen-bond acceptors (Lipinski definition) is 13. The normalized spacial score (nSPS) is 33.0. The molecule has 1 aliphatic heterocycles. The molecule has 3 aliphatic carbocycles. The van der Waals surface area contributed by atoms with Gasteiger partial charge in [-0.1, -0.05) is 80.6 Å². The molecule has 4 aliphatic rings. The molecule has 2 bridgehead atoms. The molecule has 0 spiro atoms. The zero-order valence-corrected chi connectivity index (χ0v) is 33.4. The van der Waals surface area contributed by atoms with E-state index in [2.05, 4.69) is 5.32 Å². The van der Waals surface area contributed by atoms with Crippen molar-refractivity contribution >= 4 is 29.6 Å². The van der Waals surface area contributed by atoms with Gasteiger partial charge in [0.15, 0.2) is 18.0 Å². The molecule has 312 valence electrons. The SMILES string of the molecule is CC(=O)O[C@H]1C(=O)[C@@]2(C)C([C@H](OC(=O)c3ccccc3)[C@]3(O)C[C@H](OC(=O)[C@H](O)[C@@H](NC(=O)c4ccccc4)c4ccccc4)C(C)=C1C3(C)C)[C@]1(O)CO[C@@H]1C[C@@H]2O. The summed E-state index contributed by atoms with van der Waals surface area (Å²) < 4.78 is 23.8. The van der Waals surface area contributed by atoms with Crippen LogP contribution in [0.5, 0.6) is 0 Å². The number of ketones is 1. The van der Waals surface area contributed by atoms with Gasteiger partial charge in [0.25, 0.3) is 5.91 Å². The van der Waals surface area contributed by atoms with Crippen LogP contribution in [0.15, 0.2) is 102 Å². The van der Waals surface area contributed by atoms with Crippen LogP contribution in [0.25, 0.3) is 0 Å². The summed E-state index contributed by atoms with van der Waals surface area (Å²) in [5.74, 6) is -5.98. The molecule has 7 rings (SSSR count). The van der Waals surface area contributed by atoms with Crippen LogP contribution in [0.4, 0.5) is 0 Å².